The molecule has 0 unspecified atom stereocenters. The summed E-state index contributed by atoms with van der Waals surface area (Å²) in [5, 5.41) is 66.2. The minimum atomic E-state index is -2.55. The molecule has 33 heteroatoms. The van der Waals surface area contributed by atoms with Gasteiger partial charge in [0.15, 0.2) is 6.67 Å². The second kappa shape index (κ2) is 45.1. The van der Waals surface area contributed by atoms with Crippen LogP contribution in [0.2, 0.25) is 5.02 Å². The van der Waals surface area contributed by atoms with Gasteiger partial charge in [0.25, 0.3) is 22.6 Å². The number of urea groups is 1. The van der Waals surface area contributed by atoms with Crippen molar-refractivity contribution in [2.45, 2.75) is 124 Å². The lowest BCUT2D eigenvalue weighted by molar-refractivity contribution is -0.310. The van der Waals surface area contributed by atoms with Crippen LogP contribution in [0.25, 0.3) is 0 Å². The molecule has 0 bridgehead atoms. The van der Waals surface area contributed by atoms with E-state index in [4.69, 9.17) is 59.0 Å². The molecular weight excluding hydrogens is 1270 g/mol. The van der Waals surface area contributed by atoms with Gasteiger partial charge in [0, 0.05) is 68.0 Å². The van der Waals surface area contributed by atoms with Gasteiger partial charge in [-0.25, -0.2) is 14.0 Å². The molecule has 0 spiro atoms. The summed E-state index contributed by atoms with van der Waals surface area (Å²) >= 11 is 7.77. The summed E-state index contributed by atoms with van der Waals surface area (Å²) in [4.78, 5) is 97.4. The van der Waals surface area contributed by atoms with Crippen LogP contribution in [0.1, 0.15) is 69.8 Å². The Bertz CT molecular complexity index is 2600. The van der Waals surface area contributed by atoms with Crippen molar-refractivity contribution in [3.63, 3.8) is 0 Å². The number of benzene rings is 1. The fourth-order valence-corrected chi connectivity index (χ4v) is 11.7. The van der Waals surface area contributed by atoms with E-state index in [0.717, 1.165) is 25.0 Å². The maximum absolute atomic E-state index is 13.2. The van der Waals surface area contributed by atoms with Crippen LogP contribution in [-0.2, 0) is 77.8 Å². The number of halogens is 2. The average molecular weight is 1370 g/mol. The molecule has 3 heterocycles. The number of alkyl halides is 1. The van der Waals surface area contributed by atoms with Gasteiger partial charge >= 0.3 is 12.0 Å². The van der Waals surface area contributed by atoms with Crippen LogP contribution in [0, 0.1) is 0 Å². The zero-order chi connectivity index (χ0) is 67.1. The Kier molecular flexibility index (Phi) is 37.9. The number of aliphatic carboxylic acids is 1. The molecule has 9 atom stereocenters. The van der Waals surface area contributed by atoms with Gasteiger partial charge in [0.2, 0.25) is 17.7 Å². The number of amides is 6. The van der Waals surface area contributed by atoms with Crippen molar-refractivity contribution in [3.05, 3.63) is 55.3 Å². The molecule has 0 aromatic heterocycles. The molecule has 3 saturated heterocycles. The number of hydrogen-bond acceptors (Lipinski definition) is 24. The highest BCUT2D eigenvalue weighted by Gasteiger charge is 2.56. The van der Waals surface area contributed by atoms with Crippen LogP contribution in [0.3, 0.4) is 0 Å². The quantitative estimate of drug-likeness (QED) is 0.0221. The largest absolute Gasteiger partial charge is 0.477 e. The van der Waals surface area contributed by atoms with Crippen molar-refractivity contribution in [1.82, 2.24) is 31.9 Å². The van der Waals surface area contributed by atoms with Gasteiger partial charge in [-0.3, -0.25) is 28.8 Å². The van der Waals surface area contributed by atoms with Crippen molar-refractivity contribution in [2.24, 2.45) is 0 Å². The molecule has 0 saturated carbocycles. The van der Waals surface area contributed by atoms with E-state index < -0.39 is 84.5 Å². The number of ether oxygens (including phenoxy) is 10. The SMILES string of the molecule is O=C(CCCC[C@H]1SC[C@H]2NC(=O)N[C@H]21)NCCOCCOCCOCCOCCC(=O)NCCOCCOCCOCCOCCNc1c(NCCCCCCO[C@]2(C(=O)O)C[C@H](O)[C@@H](NC(=O)CF)[C@H]([C@H](O)[C@H](O)CNC(=O)Cc3ccc(Cl)cc3)O2)c(=O)c1=O. The molecule has 3 aliphatic rings. The molecule has 93 heavy (non-hydrogen) atoms. The van der Waals surface area contributed by atoms with E-state index in [1.165, 1.54) is 0 Å². The number of carboxylic acids is 1. The van der Waals surface area contributed by atoms with E-state index in [0.29, 0.717) is 153 Å². The van der Waals surface area contributed by atoms with Crippen molar-refractivity contribution in [1.29, 1.82) is 0 Å². The highest BCUT2D eigenvalue weighted by atomic mass is 35.5. The first-order chi connectivity index (χ1) is 45.0. The molecule has 5 rings (SSSR count). The highest BCUT2D eigenvalue weighted by Crippen LogP contribution is 2.35. The number of aliphatic hydroxyl groups is 3. The zero-order valence-electron chi connectivity index (χ0n) is 52.5. The second-order valence-corrected chi connectivity index (χ2v) is 23.8. The van der Waals surface area contributed by atoms with Gasteiger partial charge in [-0.05, 0) is 43.4 Å². The number of unbranched alkanes of at least 4 members (excludes halogenated alkanes) is 4. The number of hydrogen-bond donors (Lipinski definition) is 12. The maximum atomic E-state index is 13.2. The van der Waals surface area contributed by atoms with Crippen molar-refractivity contribution >= 4 is 70.4 Å². The van der Waals surface area contributed by atoms with Gasteiger partial charge in [-0.2, -0.15) is 11.8 Å². The Morgan fingerprint density at radius 3 is 1.75 bits per heavy atom. The molecule has 3 aliphatic heterocycles. The average Bonchev–Trinajstić information content (AvgIpc) is 1.54. The van der Waals surface area contributed by atoms with Gasteiger partial charge in [0.05, 0.1) is 149 Å². The van der Waals surface area contributed by atoms with E-state index in [-0.39, 0.29) is 87.1 Å². The van der Waals surface area contributed by atoms with Gasteiger partial charge in [-0.15, -0.1) is 0 Å². The molecule has 0 radical (unpaired) electrons. The molecule has 526 valence electrons. The van der Waals surface area contributed by atoms with Crippen LogP contribution >= 0.6 is 23.4 Å². The smallest absolute Gasteiger partial charge is 0.364 e. The molecule has 6 amide bonds. The first kappa shape index (κ1) is 78.3. The van der Waals surface area contributed by atoms with Gasteiger partial charge in [-0.1, -0.05) is 43.0 Å². The minimum absolute atomic E-state index is 0.00765. The monoisotopic (exact) mass is 1360 g/mol. The summed E-state index contributed by atoms with van der Waals surface area (Å²) in [7, 11) is 0. The number of nitrogens with one attached hydrogen (secondary N) is 8. The predicted octanol–water partition coefficient (Wildman–Crippen LogP) is -0.716. The summed E-state index contributed by atoms with van der Waals surface area (Å²) in [6, 6.07) is 5.18. The van der Waals surface area contributed by atoms with E-state index in [9.17, 15) is 63.2 Å². The first-order valence-electron chi connectivity index (χ1n) is 31.6. The minimum Gasteiger partial charge on any atom is -0.477 e. The van der Waals surface area contributed by atoms with Crippen molar-refractivity contribution < 1.29 is 101 Å². The van der Waals surface area contributed by atoms with Gasteiger partial charge < -0.3 is 110 Å². The Morgan fingerprint density at radius 1 is 0.634 bits per heavy atom. The van der Waals surface area contributed by atoms with E-state index >= 15 is 0 Å². The maximum Gasteiger partial charge on any atom is 0.364 e. The number of carbonyl (C=O) groups excluding carboxylic acids is 5. The third kappa shape index (κ3) is 29.6. The summed E-state index contributed by atoms with van der Waals surface area (Å²) in [6.07, 6.45) is -2.88. The number of aliphatic hydroxyl groups excluding tert-OH is 3. The Morgan fingerprint density at radius 2 is 1.17 bits per heavy atom. The highest BCUT2D eigenvalue weighted by molar-refractivity contribution is 8.00. The zero-order valence-corrected chi connectivity index (χ0v) is 54.1. The van der Waals surface area contributed by atoms with Crippen LogP contribution in [0.15, 0.2) is 33.9 Å². The Balaban J connectivity index is 0.762. The van der Waals surface area contributed by atoms with Crippen molar-refractivity contribution in [2.75, 3.05) is 168 Å². The van der Waals surface area contributed by atoms with Crippen LogP contribution in [0.5, 0.6) is 0 Å². The Hall–Kier alpha value is -5.43. The third-order valence-corrected chi connectivity index (χ3v) is 16.7. The molecule has 2 aromatic carbocycles. The normalized spacial score (nSPS) is 20.7. The summed E-state index contributed by atoms with van der Waals surface area (Å²) in [5.74, 6) is -5.17. The van der Waals surface area contributed by atoms with Crippen LogP contribution in [0.4, 0.5) is 20.6 Å². The molecule has 3 fully saturated rings. The standard InChI is InChI=1S/C60H94ClFN8O22S/c61-41-11-9-40(10-12-41)35-48(75)67-38-44(72)54(77)57-51(69-49(76)37-62)43(71)36-60(92-57,58(80)81)91-18-6-2-1-5-14-65-52-53(56(79)55(52)78)66-17-22-86-26-30-90-34-33-89-29-25-85-21-16-64-47(74)13-19-83-23-27-87-31-32-88-28-24-84-20-15-63-46(73)8-4-3-7-45-50-42(39-93-45)68-59(82)70-50/h9-12,42-45,50-51,54,57,65-66,71-72,77H,1-8,13-39H2,(H,63,73)(H,64,74)(H,67,75)(H,69,76)(H,80,81)(H2,68,70,82)/t42-,43+,44-,45-,50-,51-,54-,57-,60-/m1/s1. The first-order valence-corrected chi connectivity index (χ1v) is 33.0. The molecule has 2 aromatic rings. The lowest BCUT2D eigenvalue weighted by Gasteiger charge is -2.46. The molecular formula is C60H94ClFN8O22S. The number of thioether (sulfide) groups is 1. The van der Waals surface area contributed by atoms with E-state index in [1.807, 2.05) is 11.8 Å². The Labute approximate surface area is 548 Å². The fourth-order valence-electron chi connectivity index (χ4n) is 10.0. The number of fused-ring (bicyclic) bond motifs is 1. The molecule has 30 nitrogen and oxygen atoms in total. The third-order valence-electron chi connectivity index (χ3n) is 15.0. The van der Waals surface area contributed by atoms with E-state index in [1.54, 1.807) is 24.3 Å². The summed E-state index contributed by atoms with van der Waals surface area (Å²) in [6.45, 7) is 4.59. The molecule has 12 N–H and O–H groups in total. The number of carbonyl (C=O) groups is 6. The number of anilines is 2. The lowest BCUT2D eigenvalue weighted by atomic mass is 9.88. The van der Waals surface area contributed by atoms with Crippen molar-refractivity contribution in [3.8, 4) is 0 Å². The predicted molar refractivity (Wildman–Crippen MR) is 338 cm³/mol. The van der Waals surface area contributed by atoms with E-state index in [2.05, 4.69) is 42.5 Å². The summed E-state index contributed by atoms with van der Waals surface area (Å²) in [5.41, 5.74) is -0.386. The second-order valence-electron chi connectivity index (χ2n) is 22.0. The fraction of sp³-hybridized carbons (Fsp3) is 0.733. The van der Waals surface area contributed by atoms with Crippen LogP contribution in [-0.4, -0.2) is 267 Å². The van der Waals surface area contributed by atoms with Crippen LogP contribution < -0.4 is 53.4 Å². The molecule has 0 aliphatic carbocycles. The number of rotatable bonds is 54. The summed E-state index contributed by atoms with van der Waals surface area (Å²) < 4.78 is 68.7. The number of carboxylic acid groups (broad SMARTS) is 1. The van der Waals surface area contributed by atoms with Gasteiger partial charge in [0.1, 0.15) is 23.6 Å². The lowest BCUT2D eigenvalue weighted by Crippen LogP contribution is -2.68. The topological polar surface area (TPSA) is 406 Å².